The Morgan fingerprint density at radius 1 is 1.29 bits per heavy atom. The number of hydrogen-bond donors (Lipinski definition) is 2. The Hall–Kier alpha value is -0.220. The van der Waals surface area contributed by atoms with Crippen LogP contribution in [0.4, 0.5) is 0 Å². The summed E-state index contributed by atoms with van der Waals surface area (Å²) in [5.74, 6) is -0.0437. The number of hydrogen-bond acceptors (Lipinski definition) is 3. The summed E-state index contributed by atoms with van der Waals surface area (Å²) in [6.07, 6.45) is 4.20. The van der Waals surface area contributed by atoms with Crippen LogP contribution in [0.1, 0.15) is 47.5 Å². The predicted molar refractivity (Wildman–Crippen MR) is 77.3 cm³/mol. The van der Waals surface area contributed by atoms with Gasteiger partial charge in [-0.25, -0.2) is 0 Å². The molecule has 0 aliphatic carbocycles. The van der Waals surface area contributed by atoms with E-state index < -0.39 is 6.04 Å². The van der Waals surface area contributed by atoms with Crippen LogP contribution < -0.4 is 11.1 Å². The molecule has 0 aromatic heterocycles. The molecule has 0 saturated heterocycles. The summed E-state index contributed by atoms with van der Waals surface area (Å²) in [4.78, 5) is 11.9. The minimum absolute atomic E-state index is 0.0437. The fourth-order valence-corrected chi connectivity index (χ4v) is 2.41. The van der Waals surface area contributed by atoms with Crippen molar-refractivity contribution in [3.8, 4) is 0 Å². The fourth-order valence-electron chi connectivity index (χ4n) is 1.61. The lowest BCUT2D eigenvalue weighted by molar-refractivity contribution is -0.124. The number of thioether (sulfide) groups is 1. The van der Waals surface area contributed by atoms with Crippen LogP contribution in [0.25, 0.3) is 0 Å². The molecule has 0 heterocycles. The van der Waals surface area contributed by atoms with Crippen LogP contribution in [0.15, 0.2) is 0 Å². The number of amides is 1. The molecule has 3 nitrogen and oxygen atoms in total. The van der Waals surface area contributed by atoms with E-state index in [0.29, 0.717) is 6.54 Å². The van der Waals surface area contributed by atoms with E-state index in [4.69, 9.17) is 5.73 Å². The quantitative estimate of drug-likeness (QED) is 0.771. The van der Waals surface area contributed by atoms with E-state index >= 15 is 0 Å². The topological polar surface area (TPSA) is 55.1 Å². The third kappa shape index (κ3) is 4.88. The molecule has 0 unspecified atom stereocenters. The first kappa shape index (κ1) is 16.8. The fraction of sp³-hybridized carbons (Fsp3) is 0.923. The Balaban J connectivity index is 4.42. The first-order chi connectivity index (χ1) is 7.72. The molecule has 0 aromatic rings. The maximum absolute atomic E-state index is 11.9. The van der Waals surface area contributed by atoms with Crippen LogP contribution in [0.3, 0.4) is 0 Å². The minimum atomic E-state index is -0.448. The van der Waals surface area contributed by atoms with E-state index in [1.165, 1.54) is 0 Å². The number of nitrogens with one attached hydrogen (secondary N) is 1. The lowest BCUT2D eigenvalue weighted by atomic mass is 9.87. The van der Waals surface area contributed by atoms with Gasteiger partial charge in [-0.05, 0) is 24.5 Å². The summed E-state index contributed by atoms with van der Waals surface area (Å²) in [5.41, 5.74) is 5.74. The second-order valence-corrected chi connectivity index (χ2v) is 6.93. The highest BCUT2D eigenvalue weighted by atomic mass is 32.2. The molecule has 1 atom stereocenters. The monoisotopic (exact) mass is 260 g/mol. The average Bonchev–Trinajstić information content (AvgIpc) is 2.29. The predicted octanol–water partition coefficient (Wildman–Crippen LogP) is 2.40. The zero-order chi connectivity index (χ0) is 13.7. The van der Waals surface area contributed by atoms with Gasteiger partial charge in [-0.2, -0.15) is 11.8 Å². The van der Waals surface area contributed by atoms with E-state index in [0.717, 1.165) is 12.8 Å². The largest absolute Gasteiger partial charge is 0.353 e. The van der Waals surface area contributed by atoms with Crippen LogP contribution in [0.2, 0.25) is 0 Å². The van der Waals surface area contributed by atoms with E-state index in [2.05, 4.69) is 25.4 Å². The van der Waals surface area contributed by atoms with Gasteiger partial charge in [-0.1, -0.05) is 34.6 Å². The molecule has 0 aromatic carbocycles. The third-order valence-corrected chi connectivity index (χ3v) is 5.11. The summed E-state index contributed by atoms with van der Waals surface area (Å²) in [7, 11) is 0. The molecule has 0 spiro atoms. The Bertz CT molecular complexity index is 236. The molecule has 0 aliphatic rings. The highest BCUT2D eigenvalue weighted by molar-refractivity contribution is 8.00. The van der Waals surface area contributed by atoms with Crippen molar-refractivity contribution in [1.82, 2.24) is 5.32 Å². The van der Waals surface area contributed by atoms with E-state index in [1.54, 1.807) is 0 Å². The van der Waals surface area contributed by atoms with Crippen molar-refractivity contribution >= 4 is 17.7 Å². The zero-order valence-corrected chi connectivity index (χ0v) is 12.9. The van der Waals surface area contributed by atoms with Gasteiger partial charge in [0.1, 0.15) is 0 Å². The van der Waals surface area contributed by atoms with Crippen molar-refractivity contribution in [3.05, 3.63) is 0 Å². The Labute approximate surface area is 110 Å². The minimum Gasteiger partial charge on any atom is -0.353 e. The summed E-state index contributed by atoms with van der Waals surface area (Å²) >= 11 is 1.82. The Morgan fingerprint density at radius 2 is 1.76 bits per heavy atom. The van der Waals surface area contributed by atoms with Crippen LogP contribution in [-0.4, -0.2) is 29.5 Å². The second-order valence-electron chi connectivity index (χ2n) is 5.66. The van der Waals surface area contributed by atoms with Crippen LogP contribution >= 0.6 is 11.8 Å². The molecule has 0 radical (unpaired) electrons. The SMILES string of the molecule is CCC(CC)(CNC(=O)[C@@H](N)C(C)(C)C)SC. The van der Waals surface area contributed by atoms with Gasteiger partial charge < -0.3 is 11.1 Å². The molecule has 0 aliphatic heterocycles. The van der Waals surface area contributed by atoms with Crippen molar-refractivity contribution in [2.45, 2.75) is 58.2 Å². The Morgan fingerprint density at radius 3 is 2.06 bits per heavy atom. The van der Waals surface area contributed by atoms with Crippen molar-refractivity contribution in [3.63, 3.8) is 0 Å². The van der Waals surface area contributed by atoms with Gasteiger partial charge in [-0.15, -0.1) is 0 Å². The normalized spacial score (nSPS) is 14.5. The summed E-state index contributed by atoms with van der Waals surface area (Å²) < 4.78 is 0.146. The Kier molecular flexibility index (Phi) is 6.56. The standard InChI is InChI=1S/C13H28N2OS/c1-7-13(8-2,17-6)9-15-11(16)10(14)12(3,4)5/h10H,7-9,14H2,1-6H3,(H,15,16)/t10-/m1/s1. The smallest absolute Gasteiger partial charge is 0.237 e. The van der Waals surface area contributed by atoms with Gasteiger partial charge in [0.15, 0.2) is 0 Å². The number of carbonyl (C=O) groups is 1. The first-order valence-corrected chi connectivity index (χ1v) is 7.53. The molecule has 0 rings (SSSR count). The van der Waals surface area contributed by atoms with Gasteiger partial charge in [0.2, 0.25) is 5.91 Å². The number of nitrogens with two attached hydrogens (primary N) is 1. The highest BCUT2D eigenvalue weighted by Crippen LogP contribution is 2.29. The lowest BCUT2D eigenvalue weighted by Gasteiger charge is -2.32. The molecule has 4 heteroatoms. The lowest BCUT2D eigenvalue weighted by Crippen LogP contribution is -2.51. The van der Waals surface area contributed by atoms with Gasteiger partial charge in [0.25, 0.3) is 0 Å². The zero-order valence-electron chi connectivity index (χ0n) is 12.1. The summed E-state index contributed by atoms with van der Waals surface area (Å²) in [6.45, 7) is 11.0. The second kappa shape index (κ2) is 6.64. The van der Waals surface area contributed by atoms with Crippen molar-refractivity contribution in [2.24, 2.45) is 11.1 Å². The van der Waals surface area contributed by atoms with Crippen molar-refractivity contribution in [1.29, 1.82) is 0 Å². The van der Waals surface area contributed by atoms with Crippen LogP contribution in [0.5, 0.6) is 0 Å². The van der Waals surface area contributed by atoms with E-state index in [1.807, 2.05) is 32.5 Å². The molecule has 102 valence electrons. The molecule has 0 fully saturated rings. The maximum Gasteiger partial charge on any atom is 0.237 e. The van der Waals surface area contributed by atoms with Gasteiger partial charge in [0, 0.05) is 11.3 Å². The maximum atomic E-state index is 11.9. The van der Waals surface area contributed by atoms with Crippen LogP contribution in [-0.2, 0) is 4.79 Å². The summed E-state index contributed by atoms with van der Waals surface area (Å²) in [5, 5.41) is 3.00. The number of rotatable bonds is 6. The van der Waals surface area contributed by atoms with Gasteiger partial charge >= 0.3 is 0 Å². The average molecular weight is 260 g/mol. The van der Waals surface area contributed by atoms with E-state index in [-0.39, 0.29) is 16.1 Å². The molecule has 17 heavy (non-hydrogen) atoms. The number of carbonyl (C=O) groups excluding carboxylic acids is 1. The third-order valence-electron chi connectivity index (χ3n) is 3.52. The molecular weight excluding hydrogens is 232 g/mol. The molecular formula is C13H28N2OS. The summed E-state index contributed by atoms with van der Waals surface area (Å²) in [6, 6.07) is -0.448. The molecule has 3 N–H and O–H groups in total. The molecule has 0 bridgehead atoms. The highest BCUT2D eigenvalue weighted by Gasteiger charge is 2.30. The van der Waals surface area contributed by atoms with Gasteiger partial charge in [-0.3, -0.25) is 4.79 Å². The van der Waals surface area contributed by atoms with Gasteiger partial charge in [0.05, 0.1) is 6.04 Å². The first-order valence-electron chi connectivity index (χ1n) is 6.31. The van der Waals surface area contributed by atoms with Crippen molar-refractivity contribution < 1.29 is 4.79 Å². The van der Waals surface area contributed by atoms with Crippen molar-refractivity contribution in [2.75, 3.05) is 12.8 Å². The van der Waals surface area contributed by atoms with E-state index in [9.17, 15) is 4.79 Å². The van der Waals surface area contributed by atoms with Crippen LogP contribution in [0, 0.1) is 5.41 Å². The molecule has 0 saturated carbocycles. The molecule has 1 amide bonds.